The Labute approximate surface area is 116 Å². The molecule has 1 aromatic carbocycles. The molecule has 0 spiro atoms. The zero-order chi connectivity index (χ0) is 14.5. The van der Waals surface area contributed by atoms with Crippen molar-refractivity contribution in [2.24, 2.45) is 0 Å². The number of nitrogen functional groups attached to an aromatic ring is 1. The predicted octanol–water partition coefficient (Wildman–Crippen LogP) is 2.05. The number of ether oxygens (including phenoxy) is 1. The summed E-state index contributed by atoms with van der Waals surface area (Å²) in [6, 6.07) is 4.32. The number of tetrazole rings is 1. The molecule has 0 aliphatic rings. The number of aromatic nitrogens is 4. The fourth-order valence-corrected chi connectivity index (χ4v) is 2.13. The first-order valence-corrected chi connectivity index (χ1v) is 6.49. The summed E-state index contributed by atoms with van der Waals surface area (Å²) in [5, 5.41) is 11.5. The Bertz CT molecular complexity index is 566. The monoisotopic (exact) mass is 279 g/mol. The molecule has 1 atom stereocenters. The van der Waals surface area contributed by atoms with Crippen LogP contribution in [0.15, 0.2) is 18.2 Å². The molecule has 0 radical (unpaired) electrons. The topological polar surface area (TPSA) is 78.8 Å². The van der Waals surface area contributed by atoms with E-state index in [4.69, 9.17) is 10.5 Å². The van der Waals surface area contributed by atoms with Crippen LogP contribution in [0.2, 0.25) is 0 Å². The molecule has 108 valence electrons. The number of halogens is 1. The van der Waals surface area contributed by atoms with Crippen molar-refractivity contribution in [2.45, 2.75) is 25.8 Å². The van der Waals surface area contributed by atoms with Gasteiger partial charge in [-0.1, -0.05) is 13.3 Å². The molecule has 0 fully saturated rings. The molecule has 2 rings (SSSR count). The fourth-order valence-electron chi connectivity index (χ4n) is 2.13. The largest absolute Gasteiger partial charge is 0.399 e. The van der Waals surface area contributed by atoms with Crippen molar-refractivity contribution >= 4 is 5.69 Å². The second-order valence-corrected chi connectivity index (χ2v) is 4.58. The molecular weight excluding hydrogens is 261 g/mol. The second kappa shape index (κ2) is 6.42. The van der Waals surface area contributed by atoms with Crippen LogP contribution in [0.5, 0.6) is 0 Å². The molecule has 20 heavy (non-hydrogen) atoms. The van der Waals surface area contributed by atoms with E-state index in [1.807, 2.05) is 0 Å². The number of benzene rings is 1. The van der Waals surface area contributed by atoms with Crippen LogP contribution in [0.25, 0.3) is 11.4 Å². The van der Waals surface area contributed by atoms with Crippen LogP contribution in [0, 0.1) is 5.82 Å². The molecule has 6 nitrogen and oxygen atoms in total. The van der Waals surface area contributed by atoms with Crippen LogP contribution in [-0.4, -0.2) is 33.9 Å². The van der Waals surface area contributed by atoms with Crippen LogP contribution in [0.1, 0.15) is 25.8 Å². The zero-order valence-electron chi connectivity index (χ0n) is 11.6. The smallest absolute Gasteiger partial charge is 0.185 e. The molecule has 0 aliphatic carbocycles. The predicted molar refractivity (Wildman–Crippen MR) is 73.4 cm³/mol. The summed E-state index contributed by atoms with van der Waals surface area (Å²) in [4.78, 5) is 0. The summed E-state index contributed by atoms with van der Waals surface area (Å²) in [6.45, 7) is 2.53. The highest BCUT2D eigenvalue weighted by atomic mass is 19.1. The number of methoxy groups -OCH3 is 1. The maximum absolute atomic E-state index is 14.0. The van der Waals surface area contributed by atoms with Crippen molar-refractivity contribution in [3.63, 3.8) is 0 Å². The van der Waals surface area contributed by atoms with Gasteiger partial charge in [-0.15, -0.1) is 5.10 Å². The second-order valence-electron chi connectivity index (χ2n) is 4.58. The third-order valence-electron chi connectivity index (χ3n) is 3.05. The normalized spacial score (nSPS) is 12.6. The van der Waals surface area contributed by atoms with E-state index in [2.05, 4.69) is 22.4 Å². The van der Waals surface area contributed by atoms with Gasteiger partial charge in [-0.25, -0.2) is 9.07 Å². The van der Waals surface area contributed by atoms with Gasteiger partial charge in [0.25, 0.3) is 0 Å². The Hall–Kier alpha value is -2.02. The minimum atomic E-state index is -0.400. The Balaban J connectivity index is 2.43. The van der Waals surface area contributed by atoms with Gasteiger partial charge in [0, 0.05) is 12.8 Å². The van der Waals surface area contributed by atoms with Crippen LogP contribution in [0.4, 0.5) is 10.1 Å². The van der Waals surface area contributed by atoms with E-state index in [0.717, 1.165) is 12.8 Å². The highest BCUT2D eigenvalue weighted by Crippen LogP contribution is 2.26. The molecule has 0 amide bonds. The first-order valence-electron chi connectivity index (χ1n) is 6.49. The average molecular weight is 279 g/mol. The van der Waals surface area contributed by atoms with E-state index in [9.17, 15) is 4.39 Å². The van der Waals surface area contributed by atoms with E-state index in [0.29, 0.717) is 23.7 Å². The lowest BCUT2D eigenvalue weighted by molar-refractivity contribution is 0.144. The van der Waals surface area contributed by atoms with Gasteiger partial charge < -0.3 is 10.5 Å². The quantitative estimate of drug-likeness (QED) is 0.819. The van der Waals surface area contributed by atoms with Gasteiger partial charge in [-0.3, -0.25) is 0 Å². The van der Waals surface area contributed by atoms with Crippen LogP contribution >= 0.6 is 0 Å². The lowest BCUT2D eigenvalue weighted by Crippen LogP contribution is -2.17. The number of rotatable bonds is 6. The lowest BCUT2D eigenvalue weighted by Gasteiger charge is -2.17. The maximum atomic E-state index is 14.0. The summed E-state index contributed by atoms with van der Waals surface area (Å²) in [6.07, 6.45) is 1.79. The number of hydrogen-bond acceptors (Lipinski definition) is 5. The van der Waals surface area contributed by atoms with Crippen molar-refractivity contribution in [1.29, 1.82) is 0 Å². The third kappa shape index (κ3) is 2.93. The van der Waals surface area contributed by atoms with Gasteiger partial charge in [-0.2, -0.15) is 0 Å². The Morgan fingerprint density at radius 3 is 2.95 bits per heavy atom. The Kier molecular flexibility index (Phi) is 4.62. The molecule has 2 aromatic rings. The average Bonchev–Trinajstić information content (AvgIpc) is 2.90. The van der Waals surface area contributed by atoms with Crippen LogP contribution < -0.4 is 5.73 Å². The summed E-state index contributed by atoms with van der Waals surface area (Å²) in [5.74, 6) is -0.0341. The van der Waals surface area contributed by atoms with Gasteiger partial charge in [0.2, 0.25) is 0 Å². The Morgan fingerprint density at radius 2 is 2.25 bits per heavy atom. The first-order chi connectivity index (χ1) is 9.67. The molecule has 7 heteroatoms. The molecule has 0 saturated heterocycles. The summed E-state index contributed by atoms with van der Waals surface area (Å²) in [5.41, 5.74) is 6.47. The van der Waals surface area contributed by atoms with Crippen molar-refractivity contribution in [3.05, 3.63) is 24.0 Å². The van der Waals surface area contributed by atoms with Gasteiger partial charge in [0.15, 0.2) is 5.82 Å². The van der Waals surface area contributed by atoms with Crippen LogP contribution in [0.3, 0.4) is 0 Å². The summed E-state index contributed by atoms with van der Waals surface area (Å²) < 4.78 is 20.7. The molecular formula is C13H18FN5O. The van der Waals surface area contributed by atoms with Crippen molar-refractivity contribution in [3.8, 4) is 11.4 Å². The van der Waals surface area contributed by atoms with Gasteiger partial charge in [0.05, 0.1) is 18.2 Å². The molecule has 1 unspecified atom stereocenters. The highest BCUT2D eigenvalue weighted by Gasteiger charge is 2.20. The lowest BCUT2D eigenvalue weighted by atomic mass is 10.1. The number of anilines is 1. The summed E-state index contributed by atoms with van der Waals surface area (Å²) >= 11 is 0. The molecule has 0 saturated carbocycles. The maximum Gasteiger partial charge on any atom is 0.185 e. The molecule has 0 bridgehead atoms. The van der Waals surface area contributed by atoms with E-state index < -0.39 is 5.82 Å². The van der Waals surface area contributed by atoms with Crippen molar-refractivity contribution in [2.75, 3.05) is 19.5 Å². The van der Waals surface area contributed by atoms with Gasteiger partial charge in [-0.05, 0) is 35.0 Å². The van der Waals surface area contributed by atoms with E-state index >= 15 is 0 Å². The van der Waals surface area contributed by atoms with E-state index in [-0.39, 0.29) is 6.04 Å². The number of nitrogens with zero attached hydrogens (tertiary/aromatic N) is 4. The summed E-state index contributed by atoms with van der Waals surface area (Å²) in [7, 11) is 1.62. The number of nitrogens with two attached hydrogens (primary N) is 1. The van der Waals surface area contributed by atoms with Crippen molar-refractivity contribution in [1.82, 2.24) is 20.2 Å². The van der Waals surface area contributed by atoms with Crippen molar-refractivity contribution < 1.29 is 9.13 Å². The molecule has 1 aromatic heterocycles. The first kappa shape index (κ1) is 14.4. The third-order valence-corrected chi connectivity index (χ3v) is 3.05. The fraction of sp³-hybridized carbons (Fsp3) is 0.462. The molecule has 1 heterocycles. The van der Waals surface area contributed by atoms with E-state index in [1.165, 1.54) is 18.2 Å². The highest BCUT2D eigenvalue weighted by molar-refractivity contribution is 5.61. The van der Waals surface area contributed by atoms with E-state index in [1.54, 1.807) is 11.8 Å². The van der Waals surface area contributed by atoms with Crippen LogP contribution in [-0.2, 0) is 4.74 Å². The SMILES string of the molecule is CCCC(COC)n1nnnc1-c1cc(N)ccc1F. The minimum Gasteiger partial charge on any atom is -0.399 e. The Morgan fingerprint density at radius 1 is 1.45 bits per heavy atom. The molecule has 0 aliphatic heterocycles. The standard InChI is InChI=1S/C13H18FN5O/c1-3-4-10(8-20-2)19-13(16-17-18-19)11-7-9(15)5-6-12(11)14/h5-7,10H,3-4,8,15H2,1-2H3. The minimum absolute atomic E-state index is 0.0316. The van der Waals surface area contributed by atoms with Gasteiger partial charge in [0.1, 0.15) is 5.82 Å². The zero-order valence-corrected chi connectivity index (χ0v) is 11.6. The molecule has 2 N–H and O–H groups in total. The number of hydrogen-bond donors (Lipinski definition) is 1. The van der Waals surface area contributed by atoms with Gasteiger partial charge >= 0.3 is 0 Å².